The summed E-state index contributed by atoms with van der Waals surface area (Å²) in [6.45, 7) is 3.39. The standard InChI is InChI=1S/C22H23F4NO4/c1-12(2)8-18(21(30)31)27(3)20(22(24,25)26)14-5-6-15(17(23)10-14)16-9-13(11-28)4-7-19(16)29/h4-7,9-12,18,20,29H,8H2,1-3H3,(H,30,31)/t18-,20?/m0/s1. The van der Waals surface area contributed by atoms with Crippen molar-refractivity contribution in [3.05, 3.63) is 53.3 Å². The molecule has 0 radical (unpaired) electrons. The summed E-state index contributed by atoms with van der Waals surface area (Å²) in [6, 6.07) is 2.71. The second-order valence-corrected chi connectivity index (χ2v) is 7.73. The number of hydrogen-bond acceptors (Lipinski definition) is 4. The highest BCUT2D eigenvalue weighted by atomic mass is 19.4. The number of carbonyl (C=O) groups is 2. The minimum Gasteiger partial charge on any atom is -0.507 e. The van der Waals surface area contributed by atoms with E-state index < -0.39 is 35.6 Å². The second-order valence-electron chi connectivity index (χ2n) is 7.73. The maximum absolute atomic E-state index is 14.8. The topological polar surface area (TPSA) is 77.8 Å². The number of hydrogen-bond donors (Lipinski definition) is 2. The Kier molecular flexibility index (Phi) is 7.43. The molecule has 2 aromatic rings. The van der Waals surface area contributed by atoms with Gasteiger partial charge >= 0.3 is 12.1 Å². The van der Waals surface area contributed by atoms with E-state index in [0.717, 1.165) is 19.2 Å². The average molecular weight is 441 g/mol. The molecule has 0 aliphatic carbocycles. The van der Waals surface area contributed by atoms with E-state index in [1.54, 1.807) is 13.8 Å². The lowest BCUT2D eigenvalue weighted by molar-refractivity contribution is -0.192. The summed E-state index contributed by atoms with van der Waals surface area (Å²) >= 11 is 0. The zero-order valence-corrected chi connectivity index (χ0v) is 17.2. The third-order valence-corrected chi connectivity index (χ3v) is 4.94. The lowest BCUT2D eigenvalue weighted by Gasteiger charge is -2.35. The second kappa shape index (κ2) is 9.47. The summed E-state index contributed by atoms with van der Waals surface area (Å²) in [5, 5.41) is 19.4. The molecule has 0 aliphatic rings. The molecular weight excluding hydrogens is 418 g/mol. The molecular formula is C22H23F4NO4. The van der Waals surface area contributed by atoms with Crippen molar-refractivity contribution >= 4 is 12.3 Å². The quantitative estimate of drug-likeness (QED) is 0.443. The zero-order valence-electron chi connectivity index (χ0n) is 17.2. The molecule has 0 aliphatic heterocycles. The summed E-state index contributed by atoms with van der Waals surface area (Å²) in [5.74, 6) is -2.97. The van der Waals surface area contributed by atoms with Crippen LogP contribution in [0, 0.1) is 11.7 Å². The van der Waals surface area contributed by atoms with Gasteiger partial charge in [-0.25, -0.2) is 4.39 Å². The van der Waals surface area contributed by atoms with Crippen LogP contribution in [0.5, 0.6) is 5.75 Å². The molecule has 9 heteroatoms. The van der Waals surface area contributed by atoms with E-state index in [4.69, 9.17) is 0 Å². The minimum absolute atomic E-state index is 0.0225. The van der Waals surface area contributed by atoms with E-state index in [2.05, 4.69) is 0 Å². The molecule has 2 N–H and O–H groups in total. The molecule has 0 heterocycles. The fraction of sp³-hybridized carbons (Fsp3) is 0.364. The van der Waals surface area contributed by atoms with Crippen LogP contribution in [0.4, 0.5) is 17.6 Å². The molecule has 0 bridgehead atoms. The first-order chi connectivity index (χ1) is 14.4. The van der Waals surface area contributed by atoms with Gasteiger partial charge in [0.15, 0.2) is 0 Å². The normalized spacial score (nSPS) is 14.0. The van der Waals surface area contributed by atoms with Crippen LogP contribution < -0.4 is 0 Å². The number of carboxylic acids is 1. The first-order valence-electron chi connectivity index (χ1n) is 9.46. The van der Waals surface area contributed by atoms with Crippen molar-refractivity contribution in [2.75, 3.05) is 7.05 Å². The van der Waals surface area contributed by atoms with E-state index in [1.165, 1.54) is 18.2 Å². The summed E-state index contributed by atoms with van der Waals surface area (Å²) in [4.78, 5) is 23.2. The van der Waals surface area contributed by atoms with Crippen LogP contribution in [-0.4, -0.2) is 46.6 Å². The third-order valence-electron chi connectivity index (χ3n) is 4.94. The summed E-state index contributed by atoms with van der Waals surface area (Å²) in [7, 11) is 1.05. The number of phenols is 1. The Labute approximate surface area is 176 Å². The fourth-order valence-corrected chi connectivity index (χ4v) is 3.49. The van der Waals surface area contributed by atoms with E-state index in [-0.39, 0.29) is 34.8 Å². The smallest absolute Gasteiger partial charge is 0.408 e. The predicted octanol–water partition coefficient (Wildman–Crippen LogP) is 5.05. The number of halogens is 4. The molecule has 2 aromatic carbocycles. The van der Waals surface area contributed by atoms with E-state index in [9.17, 15) is 37.4 Å². The first kappa shape index (κ1) is 24.3. The van der Waals surface area contributed by atoms with Crippen molar-refractivity contribution in [2.45, 2.75) is 38.5 Å². The lowest BCUT2D eigenvalue weighted by Crippen LogP contribution is -2.46. The largest absolute Gasteiger partial charge is 0.507 e. The highest BCUT2D eigenvalue weighted by Gasteiger charge is 2.47. The molecule has 0 aromatic heterocycles. The molecule has 0 spiro atoms. The number of likely N-dealkylation sites (N-methyl/N-ethyl adjacent to an activating group) is 1. The molecule has 0 saturated heterocycles. The molecule has 0 saturated carbocycles. The van der Waals surface area contributed by atoms with Crippen LogP contribution in [0.15, 0.2) is 36.4 Å². The molecule has 5 nitrogen and oxygen atoms in total. The number of carboxylic acid groups (broad SMARTS) is 1. The van der Waals surface area contributed by atoms with Crippen LogP contribution in [0.1, 0.15) is 42.2 Å². The lowest BCUT2D eigenvalue weighted by atomic mass is 9.95. The number of aldehydes is 1. The Morgan fingerprint density at radius 2 is 1.77 bits per heavy atom. The van der Waals surface area contributed by atoms with Crippen LogP contribution >= 0.6 is 0 Å². The van der Waals surface area contributed by atoms with Crippen molar-refractivity contribution in [3.8, 4) is 16.9 Å². The maximum Gasteiger partial charge on any atom is 0.408 e. The fourth-order valence-electron chi connectivity index (χ4n) is 3.49. The SMILES string of the molecule is CC(C)C[C@@H](C(=O)O)N(C)C(c1ccc(-c2cc(C=O)ccc2O)c(F)c1)C(F)(F)F. The van der Waals surface area contributed by atoms with Gasteiger partial charge in [0, 0.05) is 16.7 Å². The van der Waals surface area contributed by atoms with Gasteiger partial charge in [-0.2, -0.15) is 13.2 Å². The number of aromatic hydroxyl groups is 1. The van der Waals surface area contributed by atoms with Crippen LogP contribution in [-0.2, 0) is 4.79 Å². The van der Waals surface area contributed by atoms with Crippen molar-refractivity contribution in [1.29, 1.82) is 0 Å². The van der Waals surface area contributed by atoms with Crippen LogP contribution in [0.2, 0.25) is 0 Å². The van der Waals surface area contributed by atoms with Gasteiger partial charge in [-0.15, -0.1) is 0 Å². The number of alkyl halides is 3. The summed E-state index contributed by atoms with van der Waals surface area (Å²) in [6.07, 6.45) is -4.40. The average Bonchev–Trinajstić information content (AvgIpc) is 2.65. The number of nitrogens with zero attached hydrogens (tertiary/aromatic N) is 1. The van der Waals surface area contributed by atoms with Crippen LogP contribution in [0.3, 0.4) is 0 Å². The Bertz CT molecular complexity index is 959. The highest BCUT2D eigenvalue weighted by molar-refractivity contribution is 5.81. The Hall–Kier alpha value is -2.94. The molecule has 0 fully saturated rings. The van der Waals surface area contributed by atoms with Gasteiger partial charge in [-0.1, -0.05) is 26.0 Å². The number of phenolic OH excluding ortho intramolecular Hbond substituents is 1. The predicted molar refractivity (Wildman–Crippen MR) is 106 cm³/mol. The van der Waals surface area contributed by atoms with Gasteiger partial charge in [0.05, 0.1) is 0 Å². The third kappa shape index (κ3) is 5.61. The molecule has 1 unspecified atom stereocenters. The summed E-state index contributed by atoms with van der Waals surface area (Å²) in [5.41, 5.74) is -0.557. The summed E-state index contributed by atoms with van der Waals surface area (Å²) < 4.78 is 56.5. The number of benzene rings is 2. The Morgan fingerprint density at radius 1 is 1.13 bits per heavy atom. The van der Waals surface area contributed by atoms with E-state index in [0.29, 0.717) is 17.3 Å². The van der Waals surface area contributed by atoms with Crippen molar-refractivity contribution in [2.24, 2.45) is 5.92 Å². The van der Waals surface area contributed by atoms with Gasteiger partial charge in [0.25, 0.3) is 0 Å². The van der Waals surface area contributed by atoms with Gasteiger partial charge < -0.3 is 10.2 Å². The highest BCUT2D eigenvalue weighted by Crippen LogP contribution is 2.41. The zero-order chi connectivity index (χ0) is 23.5. The molecule has 2 rings (SSSR count). The van der Waals surface area contributed by atoms with Crippen molar-refractivity contribution in [1.82, 2.24) is 4.90 Å². The van der Waals surface area contributed by atoms with Crippen molar-refractivity contribution < 1.29 is 37.4 Å². The van der Waals surface area contributed by atoms with Gasteiger partial charge in [0.1, 0.15) is 29.9 Å². The first-order valence-corrected chi connectivity index (χ1v) is 9.46. The monoisotopic (exact) mass is 441 g/mol. The van der Waals surface area contributed by atoms with Gasteiger partial charge in [-0.05, 0) is 49.2 Å². The van der Waals surface area contributed by atoms with Crippen molar-refractivity contribution in [3.63, 3.8) is 0 Å². The van der Waals surface area contributed by atoms with Gasteiger partial charge in [0.2, 0.25) is 0 Å². The number of aliphatic carboxylic acids is 1. The Morgan fingerprint density at radius 3 is 2.26 bits per heavy atom. The molecule has 168 valence electrons. The molecule has 2 atom stereocenters. The van der Waals surface area contributed by atoms with Gasteiger partial charge in [-0.3, -0.25) is 14.5 Å². The van der Waals surface area contributed by atoms with Crippen LogP contribution in [0.25, 0.3) is 11.1 Å². The van der Waals surface area contributed by atoms with E-state index >= 15 is 0 Å². The number of rotatable bonds is 8. The van der Waals surface area contributed by atoms with E-state index in [1.807, 2.05) is 0 Å². The Balaban J connectivity index is 2.54. The maximum atomic E-state index is 14.8. The minimum atomic E-state index is -4.87. The molecule has 0 amide bonds. The molecule has 31 heavy (non-hydrogen) atoms. The number of carbonyl (C=O) groups excluding carboxylic acids is 1.